The third kappa shape index (κ3) is 5.10. The van der Waals surface area contributed by atoms with E-state index in [4.69, 9.17) is 5.73 Å². The molecule has 2 N–H and O–H groups in total. The Balaban J connectivity index is 0.00000256. The predicted molar refractivity (Wildman–Crippen MR) is 61.9 cm³/mol. The molecule has 1 aromatic rings. The second-order valence-electron chi connectivity index (χ2n) is 3.48. The molecule has 1 rings (SSSR count). The van der Waals surface area contributed by atoms with Gasteiger partial charge in [-0.1, -0.05) is 0 Å². The van der Waals surface area contributed by atoms with E-state index in [2.05, 4.69) is 4.74 Å². The maximum atomic E-state index is 13.2. The van der Waals surface area contributed by atoms with Gasteiger partial charge in [0.1, 0.15) is 11.6 Å². The van der Waals surface area contributed by atoms with Crippen molar-refractivity contribution in [3.63, 3.8) is 0 Å². The van der Waals surface area contributed by atoms with E-state index in [9.17, 15) is 13.6 Å². The van der Waals surface area contributed by atoms with Crippen LogP contribution < -0.4 is 5.73 Å². The topological polar surface area (TPSA) is 52.3 Å². The second kappa shape index (κ2) is 7.19. The van der Waals surface area contributed by atoms with Crippen molar-refractivity contribution in [2.24, 2.45) is 5.73 Å². The minimum absolute atomic E-state index is 0. The highest BCUT2D eigenvalue weighted by molar-refractivity contribution is 5.85. The van der Waals surface area contributed by atoms with E-state index >= 15 is 0 Å². The lowest BCUT2D eigenvalue weighted by Gasteiger charge is -2.10. The number of halogens is 3. The van der Waals surface area contributed by atoms with Crippen molar-refractivity contribution in [2.75, 3.05) is 7.11 Å². The Bertz CT molecular complexity index is 388. The van der Waals surface area contributed by atoms with Crippen LogP contribution >= 0.6 is 12.4 Å². The molecule has 3 nitrogen and oxygen atoms in total. The first-order valence-corrected chi connectivity index (χ1v) is 4.79. The Labute approximate surface area is 104 Å². The second-order valence-corrected chi connectivity index (χ2v) is 3.48. The molecule has 0 radical (unpaired) electrons. The fourth-order valence-electron chi connectivity index (χ4n) is 1.35. The van der Waals surface area contributed by atoms with E-state index in [0.717, 1.165) is 18.2 Å². The molecule has 0 fully saturated rings. The summed E-state index contributed by atoms with van der Waals surface area (Å²) in [6.07, 6.45) is 0.0746. The van der Waals surface area contributed by atoms with Gasteiger partial charge in [-0.2, -0.15) is 0 Å². The summed E-state index contributed by atoms with van der Waals surface area (Å²) in [6, 6.07) is 2.57. The summed E-state index contributed by atoms with van der Waals surface area (Å²) in [5.74, 6) is -1.52. The van der Waals surface area contributed by atoms with Crippen molar-refractivity contribution in [2.45, 2.75) is 18.9 Å². The van der Waals surface area contributed by atoms with Crippen LogP contribution in [0, 0.1) is 11.6 Å². The monoisotopic (exact) mass is 265 g/mol. The lowest BCUT2D eigenvalue weighted by molar-refractivity contribution is -0.140. The first-order chi connectivity index (χ1) is 7.52. The quantitative estimate of drug-likeness (QED) is 0.845. The van der Waals surface area contributed by atoms with E-state index in [1.54, 1.807) is 0 Å². The van der Waals surface area contributed by atoms with Crippen molar-refractivity contribution >= 4 is 18.4 Å². The molecule has 1 unspecified atom stereocenters. The Morgan fingerprint density at radius 1 is 1.47 bits per heavy atom. The van der Waals surface area contributed by atoms with E-state index in [0.29, 0.717) is 0 Å². The predicted octanol–water partition coefficient (Wildman–Crippen LogP) is 1.82. The van der Waals surface area contributed by atoms with Gasteiger partial charge < -0.3 is 10.5 Å². The number of carbonyl (C=O) groups is 1. The van der Waals surface area contributed by atoms with Crippen LogP contribution in [0.25, 0.3) is 0 Å². The zero-order valence-corrected chi connectivity index (χ0v) is 10.1. The van der Waals surface area contributed by atoms with Crippen LogP contribution in [0.15, 0.2) is 18.2 Å². The van der Waals surface area contributed by atoms with Crippen molar-refractivity contribution in [3.05, 3.63) is 35.4 Å². The number of rotatable bonds is 4. The molecule has 0 aliphatic heterocycles. The Morgan fingerprint density at radius 3 is 2.71 bits per heavy atom. The van der Waals surface area contributed by atoms with Gasteiger partial charge in [0.15, 0.2) is 0 Å². The zero-order chi connectivity index (χ0) is 12.1. The smallest absolute Gasteiger partial charge is 0.307 e. The molecule has 0 saturated heterocycles. The van der Waals surface area contributed by atoms with E-state index in [1.807, 2.05) is 0 Å². The van der Waals surface area contributed by atoms with Gasteiger partial charge in [0.05, 0.1) is 13.5 Å². The number of esters is 1. The van der Waals surface area contributed by atoms with Gasteiger partial charge in [-0.3, -0.25) is 4.79 Å². The van der Waals surface area contributed by atoms with Gasteiger partial charge in [-0.05, 0) is 30.2 Å². The molecular formula is C11H14ClF2NO2. The van der Waals surface area contributed by atoms with Gasteiger partial charge in [-0.25, -0.2) is 8.78 Å². The highest BCUT2D eigenvalue weighted by atomic mass is 35.5. The number of methoxy groups -OCH3 is 1. The largest absolute Gasteiger partial charge is 0.469 e. The lowest BCUT2D eigenvalue weighted by Crippen LogP contribution is -2.27. The molecule has 0 aromatic heterocycles. The van der Waals surface area contributed by atoms with Crippen LogP contribution in [0.2, 0.25) is 0 Å². The minimum atomic E-state index is -0.580. The Kier molecular flexibility index (Phi) is 6.68. The zero-order valence-electron chi connectivity index (χ0n) is 9.28. The average molecular weight is 266 g/mol. The van der Waals surface area contributed by atoms with E-state index in [1.165, 1.54) is 7.11 Å². The van der Waals surface area contributed by atoms with Crippen molar-refractivity contribution < 1.29 is 18.3 Å². The molecule has 96 valence electrons. The molecule has 1 atom stereocenters. The number of hydrogen-bond donors (Lipinski definition) is 1. The van der Waals surface area contributed by atoms with Gasteiger partial charge >= 0.3 is 5.97 Å². The molecule has 0 heterocycles. The lowest BCUT2D eigenvalue weighted by atomic mass is 10.0. The molecule has 0 aliphatic rings. The number of ether oxygens (including phenoxy) is 1. The molecule has 0 saturated carbocycles. The van der Waals surface area contributed by atoms with Gasteiger partial charge in [0, 0.05) is 6.04 Å². The number of hydrogen-bond acceptors (Lipinski definition) is 3. The van der Waals surface area contributed by atoms with Gasteiger partial charge in [0.2, 0.25) is 0 Å². The molecule has 1 aromatic carbocycles. The summed E-state index contributed by atoms with van der Waals surface area (Å²) in [4.78, 5) is 10.9. The van der Waals surface area contributed by atoms with Crippen LogP contribution in [-0.4, -0.2) is 19.1 Å². The highest BCUT2D eigenvalue weighted by Crippen LogP contribution is 2.12. The summed E-state index contributed by atoms with van der Waals surface area (Å²) >= 11 is 0. The molecule has 0 aliphatic carbocycles. The molecule has 0 bridgehead atoms. The number of nitrogens with two attached hydrogens (primary N) is 1. The molecule has 0 amide bonds. The SMILES string of the molecule is COC(=O)CC(N)Cc1cc(F)ccc1F.Cl. The highest BCUT2D eigenvalue weighted by Gasteiger charge is 2.13. The van der Waals surface area contributed by atoms with Crippen LogP contribution in [0.3, 0.4) is 0 Å². The van der Waals surface area contributed by atoms with Crippen LogP contribution in [0.4, 0.5) is 8.78 Å². The number of benzene rings is 1. The Morgan fingerprint density at radius 2 is 2.12 bits per heavy atom. The van der Waals surface area contributed by atoms with E-state index in [-0.39, 0.29) is 30.8 Å². The van der Waals surface area contributed by atoms with Crippen LogP contribution in [-0.2, 0) is 16.0 Å². The molecule has 17 heavy (non-hydrogen) atoms. The van der Waals surface area contributed by atoms with Crippen molar-refractivity contribution in [3.8, 4) is 0 Å². The van der Waals surface area contributed by atoms with Crippen molar-refractivity contribution in [1.29, 1.82) is 0 Å². The van der Waals surface area contributed by atoms with Crippen molar-refractivity contribution in [1.82, 2.24) is 0 Å². The normalized spacial score (nSPS) is 11.5. The molecular weight excluding hydrogens is 252 g/mol. The van der Waals surface area contributed by atoms with Crippen LogP contribution in [0.1, 0.15) is 12.0 Å². The maximum Gasteiger partial charge on any atom is 0.307 e. The maximum absolute atomic E-state index is 13.2. The third-order valence-electron chi connectivity index (χ3n) is 2.15. The van der Waals surface area contributed by atoms with Gasteiger partial charge in [-0.15, -0.1) is 12.4 Å². The van der Waals surface area contributed by atoms with E-state index < -0.39 is 23.6 Å². The summed E-state index contributed by atoms with van der Waals surface area (Å²) < 4.78 is 30.5. The first-order valence-electron chi connectivity index (χ1n) is 4.79. The summed E-state index contributed by atoms with van der Waals surface area (Å²) in [7, 11) is 1.25. The average Bonchev–Trinajstić information content (AvgIpc) is 2.23. The Hall–Kier alpha value is -1.20. The standard InChI is InChI=1S/C11H13F2NO2.ClH/c1-16-11(15)6-9(14)5-7-4-8(12)2-3-10(7)13;/h2-4,9H,5-6,14H2,1H3;1H. The molecule has 6 heteroatoms. The minimum Gasteiger partial charge on any atom is -0.469 e. The van der Waals surface area contributed by atoms with Crippen LogP contribution in [0.5, 0.6) is 0 Å². The fourth-order valence-corrected chi connectivity index (χ4v) is 1.35. The number of carbonyl (C=O) groups excluding carboxylic acids is 1. The third-order valence-corrected chi connectivity index (χ3v) is 2.15. The summed E-state index contributed by atoms with van der Waals surface area (Å²) in [5.41, 5.74) is 5.77. The summed E-state index contributed by atoms with van der Waals surface area (Å²) in [6.45, 7) is 0. The first kappa shape index (κ1) is 15.8. The fraction of sp³-hybridized carbons (Fsp3) is 0.364. The summed E-state index contributed by atoms with van der Waals surface area (Å²) in [5, 5.41) is 0. The van der Waals surface area contributed by atoms with Gasteiger partial charge in [0.25, 0.3) is 0 Å². The molecule has 0 spiro atoms.